The van der Waals surface area contributed by atoms with Crippen LogP contribution < -0.4 is 5.32 Å². The van der Waals surface area contributed by atoms with Crippen molar-refractivity contribution in [1.82, 2.24) is 15.1 Å². The molecule has 0 amide bonds. The number of anilines is 1. The van der Waals surface area contributed by atoms with Gasteiger partial charge in [-0.1, -0.05) is 12.1 Å². The van der Waals surface area contributed by atoms with E-state index < -0.39 is 0 Å². The molecule has 0 aliphatic rings. The fraction of sp³-hybridized carbons (Fsp3) is 0.500. The fourth-order valence-electron chi connectivity index (χ4n) is 1.50. The second kappa shape index (κ2) is 4.44. The summed E-state index contributed by atoms with van der Waals surface area (Å²) in [5.41, 5.74) is 1.20. The van der Waals surface area contributed by atoms with Gasteiger partial charge in [-0.2, -0.15) is 4.98 Å². The molecule has 0 aliphatic carbocycles. The SMILES string of the molecule is CC[C@H](CO)Nc1ncnc2onc(C)c12. The Bertz CT molecular complexity index is 479. The Morgan fingerprint density at radius 2 is 2.31 bits per heavy atom. The van der Waals surface area contributed by atoms with Gasteiger partial charge in [0.1, 0.15) is 17.5 Å². The number of aryl methyl sites for hydroxylation is 1. The fourth-order valence-corrected chi connectivity index (χ4v) is 1.50. The molecule has 0 bridgehead atoms. The van der Waals surface area contributed by atoms with Crippen LogP contribution in [0.15, 0.2) is 10.9 Å². The average Bonchev–Trinajstić information content (AvgIpc) is 2.69. The predicted octanol–water partition coefficient (Wildman–Crippen LogP) is 1.11. The molecule has 0 saturated carbocycles. The standard InChI is InChI=1S/C10H14N4O2/c1-3-7(4-15)13-9-8-6(2)14-16-10(8)12-5-11-9/h5,7,15H,3-4H2,1-2H3,(H,11,12,13)/t7-/m1/s1. The lowest BCUT2D eigenvalue weighted by Gasteiger charge is -2.14. The molecule has 0 saturated heterocycles. The Labute approximate surface area is 92.7 Å². The van der Waals surface area contributed by atoms with Crippen LogP contribution in [0.5, 0.6) is 0 Å². The first-order valence-corrected chi connectivity index (χ1v) is 5.20. The number of aliphatic hydroxyl groups is 1. The van der Waals surface area contributed by atoms with E-state index in [1.165, 1.54) is 6.33 Å². The predicted molar refractivity (Wildman–Crippen MR) is 59.1 cm³/mol. The molecule has 2 N–H and O–H groups in total. The molecule has 1 atom stereocenters. The smallest absolute Gasteiger partial charge is 0.263 e. The van der Waals surface area contributed by atoms with Gasteiger partial charge < -0.3 is 14.9 Å². The number of aromatic nitrogens is 3. The quantitative estimate of drug-likeness (QED) is 0.806. The van der Waals surface area contributed by atoms with E-state index in [0.29, 0.717) is 11.5 Å². The van der Waals surface area contributed by atoms with Crippen LogP contribution in [-0.4, -0.2) is 32.9 Å². The summed E-state index contributed by atoms with van der Waals surface area (Å²) in [6.45, 7) is 3.89. The molecule has 6 nitrogen and oxygen atoms in total. The number of aliphatic hydroxyl groups excluding tert-OH is 1. The average molecular weight is 222 g/mol. The molecule has 2 heterocycles. The van der Waals surface area contributed by atoms with Crippen molar-refractivity contribution in [3.8, 4) is 0 Å². The summed E-state index contributed by atoms with van der Waals surface area (Å²) >= 11 is 0. The van der Waals surface area contributed by atoms with Crippen LogP contribution in [0.25, 0.3) is 11.1 Å². The lowest BCUT2D eigenvalue weighted by atomic mass is 10.2. The number of fused-ring (bicyclic) bond motifs is 1. The molecule has 0 radical (unpaired) electrons. The van der Waals surface area contributed by atoms with Gasteiger partial charge in [-0.3, -0.25) is 0 Å². The highest BCUT2D eigenvalue weighted by Gasteiger charge is 2.14. The van der Waals surface area contributed by atoms with E-state index in [1.54, 1.807) is 0 Å². The third-order valence-electron chi connectivity index (χ3n) is 2.50. The maximum absolute atomic E-state index is 9.13. The van der Waals surface area contributed by atoms with Crippen molar-refractivity contribution >= 4 is 16.9 Å². The van der Waals surface area contributed by atoms with Gasteiger partial charge in [0.15, 0.2) is 0 Å². The van der Waals surface area contributed by atoms with E-state index in [-0.39, 0.29) is 12.6 Å². The summed E-state index contributed by atoms with van der Waals surface area (Å²) in [7, 11) is 0. The van der Waals surface area contributed by atoms with Crippen molar-refractivity contribution in [3.63, 3.8) is 0 Å². The van der Waals surface area contributed by atoms with Gasteiger partial charge in [0.2, 0.25) is 0 Å². The van der Waals surface area contributed by atoms with Gasteiger partial charge in [-0.05, 0) is 13.3 Å². The molecular weight excluding hydrogens is 208 g/mol. The van der Waals surface area contributed by atoms with Crippen LogP contribution in [0, 0.1) is 6.92 Å². The maximum Gasteiger partial charge on any atom is 0.263 e. The zero-order valence-corrected chi connectivity index (χ0v) is 9.27. The third kappa shape index (κ3) is 1.83. The Hall–Kier alpha value is -1.69. The van der Waals surface area contributed by atoms with Crippen LogP contribution >= 0.6 is 0 Å². The van der Waals surface area contributed by atoms with Gasteiger partial charge in [0.05, 0.1) is 18.3 Å². The van der Waals surface area contributed by atoms with E-state index in [1.807, 2.05) is 13.8 Å². The molecule has 6 heteroatoms. The molecule has 2 aromatic heterocycles. The third-order valence-corrected chi connectivity index (χ3v) is 2.50. The van der Waals surface area contributed by atoms with Crippen LogP contribution in [-0.2, 0) is 0 Å². The van der Waals surface area contributed by atoms with Crippen LogP contribution in [0.3, 0.4) is 0 Å². The van der Waals surface area contributed by atoms with E-state index in [9.17, 15) is 0 Å². The van der Waals surface area contributed by atoms with Crippen molar-refractivity contribution in [2.45, 2.75) is 26.3 Å². The van der Waals surface area contributed by atoms with Gasteiger partial charge >= 0.3 is 0 Å². The van der Waals surface area contributed by atoms with E-state index in [0.717, 1.165) is 17.5 Å². The molecule has 86 valence electrons. The monoisotopic (exact) mass is 222 g/mol. The Morgan fingerprint density at radius 1 is 1.50 bits per heavy atom. The summed E-state index contributed by atoms with van der Waals surface area (Å²) in [4.78, 5) is 8.12. The van der Waals surface area contributed by atoms with E-state index in [2.05, 4.69) is 20.4 Å². The molecule has 16 heavy (non-hydrogen) atoms. The van der Waals surface area contributed by atoms with Crippen molar-refractivity contribution in [3.05, 3.63) is 12.0 Å². The van der Waals surface area contributed by atoms with Crippen molar-refractivity contribution in [2.75, 3.05) is 11.9 Å². The highest BCUT2D eigenvalue weighted by molar-refractivity contribution is 5.87. The lowest BCUT2D eigenvalue weighted by Crippen LogP contribution is -2.23. The summed E-state index contributed by atoms with van der Waals surface area (Å²) < 4.78 is 5.03. The Kier molecular flexibility index (Phi) is 3.00. The van der Waals surface area contributed by atoms with Gasteiger partial charge in [0.25, 0.3) is 5.71 Å². The maximum atomic E-state index is 9.13. The molecule has 0 unspecified atom stereocenters. The Balaban J connectivity index is 2.39. The van der Waals surface area contributed by atoms with Crippen molar-refractivity contribution in [2.24, 2.45) is 0 Å². The molecule has 0 fully saturated rings. The summed E-state index contributed by atoms with van der Waals surface area (Å²) in [6.07, 6.45) is 2.23. The highest BCUT2D eigenvalue weighted by atomic mass is 16.5. The number of nitrogens with one attached hydrogen (secondary N) is 1. The number of hydrogen-bond acceptors (Lipinski definition) is 6. The number of rotatable bonds is 4. The molecule has 0 spiro atoms. The summed E-state index contributed by atoms with van der Waals surface area (Å²) in [6, 6.07) is -0.0209. The number of hydrogen-bond donors (Lipinski definition) is 2. The summed E-state index contributed by atoms with van der Waals surface area (Å²) in [5, 5.41) is 16.9. The van der Waals surface area contributed by atoms with Crippen LogP contribution in [0.4, 0.5) is 5.82 Å². The second-order valence-corrected chi connectivity index (χ2v) is 3.60. The zero-order chi connectivity index (χ0) is 11.5. The Morgan fingerprint density at radius 3 is 3.00 bits per heavy atom. The van der Waals surface area contributed by atoms with E-state index >= 15 is 0 Å². The molecular formula is C10H14N4O2. The summed E-state index contributed by atoms with van der Waals surface area (Å²) in [5.74, 6) is 0.657. The first-order valence-electron chi connectivity index (χ1n) is 5.20. The lowest BCUT2D eigenvalue weighted by molar-refractivity contribution is 0.271. The topological polar surface area (TPSA) is 84.1 Å². The highest BCUT2D eigenvalue weighted by Crippen LogP contribution is 2.22. The normalized spacial score (nSPS) is 12.9. The molecule has 0 aliphatic heterocycles. The molecule has 2 aromatic rings. The molecule has 2 rings (SSSR count). The first kappa shape index (κ1) is 10.8. The van der Waals surface area contributed by atoms with Crippen LogP contribution in [0.1, 0.15) is 19.0 Å². The van der Waals surface area contributed by atoms with Gasteiger partial charge in [-0.15, -0.1) is 0 Å². The first-order chi connectivity index (χ1) is 7.76. The van der Waals surface area contributed by atoms with Crippen molar-refractivity contribution in [1.29, 1.82) is 0 Å². The van der Waals surface area contributed by atoms with Crippen LogP contribution in [0.2, 0.25) is 0 Å². The van der Waals surface area contributed by atoms with Crippen molar-refractivity contribution < 1.29 is 9.63 Å². The van der Waals surface area contributed by atoms with Gasteiger partial charge in [-0.25, -0.2) is 4.98 Å². The minimum atomic E-state index is -0.0209. The minimum Gasteiger partial charge on any atom is -0.394 e. The zero-order valence-electron chi connectivity index (χ0n) is 9.27. The van der Waals surface area contributed by atoms with E-state index in [4.69, 9.17) is 9.63 Å². The second-order valence-electron chi connectivity index (χ2n) is 3.60. The number of nitrogens with zero attached hydrogens (tertiary/aromatic N) is 3. The molecule has 0 aromatic carbocycles. The van der Waals surface area contributed by atoms with Gasteiger partial charge in [0, 0.05) is 0 Å². The largest absolute Gasteiger partial charge is 0.394 e. The minimum absolute atomic E-state index is 0.0209.